The van der Waals surface area contributed by atoms with Gasteiger partial charge in [-0.25, -0.2) is 14.6 Å². The minimum atomic E-state index is 0.0704. The van der Waals surface area contributed by atoms with Gasteiger partial charge in [0.1, 0.15) is 12.1 Å². The predicted molar refractivity (Wildman–Crippen MR) is 87.0 cm³/mol. The van der Waals surface area contributed by atoms with Crippen LogP contribution in [0.25, 0.3) is 11.0 Å². The molecule has 1 aliphatic carbocycles. The molecule has 23 heavy (non-hydrogen) atoms. The van der Waals surface area contributed by atoms with Crippen LogP contribution in [-0.2, 0) is 11.3 Å². The molecule has 0 unspecified atom stereocenters. The molecule has 0 spiro atoms. The van der Waals surface area contributed by atoms with Gasteiger partial charge in [0.2, 0.25) is 5.91 Å². The Hall–Kier alpha value is -2.02. The first-order valence-electron chi connectivity index (χ1n) is 8.51. The molecule has 1 N–H and O–H groups in total. The molecule has 122 valence electrons. The van der Waals surface area contributed by atoms with Crippen molar-refractivity contribution in [3.8, 4) is 0 Å². The minimum Gasteiger partial charge on any atom is -0.310 e. The summed E-state index contributed by atoms with van der Waals surface area (Å²) >= 11 is 0. The van der Waals surface area contributed by atoms with Crippen LogP contribution in [0.1, 0.15) is 32.1 Å². The summed E-state index contributed by atoms with van der Waals surface area (Å²) in [6, 6.07) is 0. The van der Waals surface area contributed by atoms with E-state index in [2.05, 4.69) is 25.3 Å². The molecule has 1 saturated carbocycles. The summed E-state index contributed by atoms with van der Waals surface area (Å²) < 4.78 is 1.91. The van der Waals surface area contributed by atoms with Gasteiger partial charge < -0.3 is 10.2 Å². The molecule has 0 aromatic carbocycles. The van der Waals surface area contributed by atoms with Crippen LogP contribution in [0.15, 0.2) is 12.5 Å². The molecule has 2 aromatic rings. The largest absolute Gasteiger partial charge is 0.310 e. The van der Waals surface area contributed by atoms with Crippen molar-refractivity contribution in [3.63, 3.8) is 0 Å². The Labute approximate surface area is 135 Å². The van der Waals surface area contributed by atoms with Crippen LogP contribution in [0, 0.1) is 5.92 Å². The number of fused-ring (bicyclic) bond motifs is 1. The number of hydrogen-bond acceptors (Lipinski definition) is 5. The van der Waals surface area contributed by atoms with E-state index in [0.29, 0.717) is 5.82 Å². The van der Waals surface area contributed by atoms with Gasteiger partial charge in [-0.1, -0.05) is 6.42 Å². The number of rotatable bonds is 5. The van der Waals surface area contributed by atoms with E-state index in [1.54, 1.807) is 6.20 Å². The summed E-state index contributed by atoms with van der Waals surface area (Å²) in [5.74, 6) is 0.797. The number of anilines is 1. The summed E-state index contributed by atoms with van der Waals surface area (Å²) in [6.07, 6.45) is 8.96. The third-order valence-electron chi connectivity index (χ3n) is 4.98. The molecule has 7 heteroatoms. The fourth-order valence-corrected chi connectivity index (χ4v) is 3.29. The van der Waals surface area contributed by atoms with Gasteiger partial charge in [-0.3, -0.25) is 4.79 Å². The molecule has 2 fully saturated rings. The van der Waals surface area contributed by atoms with E-state index in [1.807, 2.05) is 4.68 Å². The van der Waals surface area contributed by atoms with Gasteiger partial charge in [-0.15, -0.1) is 0 Å². The number of likely N-dealkylation sites (tertiary alicyclic amines) is 1. The quantitative estimate of drug-likeness (QED) is 0.908. The van der Waals surface area contributed by atoms with E-state index in [-0.39, 0.29) is 11.8 Å². The summed E-state index contributed by atoms with van der Waals surface area (Å²) in [5, 5.41) is 8.20. The third-order valence-corrected chi connectivity index (χ3v) is 4.98. The van der Waals surface area contributed by atoms with Crippen molar-refractivity contribution >= 4 is 22.8 Å². The fourth-order valence-electron chi connectivity index (χ4n) is 3.29. The number of nitrogens with one attached hydrogen (secondary N) is 1. The summed E-state index contributed by atoms with van der Waals surface area (Å²) in [5.41, 5.74) is 0.795. The maximum absolute atomic E-state index is 12.1. The Morgan fingerprint density at radius 2 is 2.00 bits per heavy atom. The average Bonchev–Trinajstić information content (AvgIpc) is 3.13. The third kappa shape index (κ3) is 2.93. The Kier molecular flexibility index (Phi) is 3.95. The van der Waals surface area contributed by atoms with E-state index < -0.39 is 0 Å². The topological polar surface area (TPSA) is 75.9 Å². The number of aromatic nitrogens is 4. The Morgan fingerprint density at radius 1 is 1.17 bits per heavy atom. The van der Waals surface area contributed by atoms with Crippen molar-refractivity contribution in [2.24, 2.45) is 5.92 Å². The molecular weight excluding hydrogens is 292 g/mol. The lowest BCUT2D eigenvalue weighted by molar-refractivity contribution is -0.122. The van der Waals surface area contributed by atoms with Gasteiger partial charge in [0.05, 0.1) is 18.1 Å². The van der Waals surface area contributed by atoms with Crippen LogP contribution in [-0.4, -0.2) is 50.2 Å². The molecule has 2 aliphatic rings. The lowest BCUT2D eigenvalue weighted by atomic mass is 9.85. The molecule has 1 saturated heterocycles. The van der Waals surface area contributed by atoms with Crippen LogP contribution in [0.4, 0.5) is 5.82 Å². The molecule has 3 heterocycles. The van der Waals surface area contributed by atoms with Crippen molar-refractivity contribution in [2.75, 3.05) is 25.0 Å². The van der Waals surface area contributed by atoms with Gasteiger partial charge in [-0.05, 0) is 38.8 Å². The van der Waals surface area contributed by atoms with Gasteiger partial charge in [0, 0.05) is 12.5 Å². The second-order valence-corrected chi connectivity index (χ2v) is 6.49. The Morgan fingerprint density at radius 3 is 2.74 bits per heavy atom. The molecule has 0 atom stereocenters. The second-order valence-electron chi connectivity index (χ2n) is 6.49. The highest BCUT2D eigenvalue weighted by atomic mass is 16.2. The zero-order valence-electron chi connectivity index (χ0n) is 13.2. The predicted octanol–water partition coefficient (Wildman–Crippen LogP) is 1.66. The van der Waals surface area contributed by atoms with Crippen LogP contribution < -0.4 is 5.32 Å². The molecule has 0 radical (unpaired) electrons. The highest BCUT2D eigenvalue weighted by Crippen LogP contribution is 2.28. The first kappa shape index (κ1) is 14.6. The number of nitrogens with zero attached hydrogens (tertiary/aromatic N) is 5. The van der Waals surface area contributed by atoms with Crippen molar-refractivity contribution in [1.82, 2.24) is 24.6 Å². The van der Waals surface area contributed by atoms with E-state index in [0.717, 1.165) is 43.4 Å². The molecular formula is C16H22N6O. The van der Waals surface area contributed by atoms with Gasteiger partial charge >= 0.3 is 0 Å². The van der Waals surface area contributed by atoms with Gasteiger partial charge in [0.25, 0.3) is 0 Å². The van der Waals surface area contributed by atoms with Gasteiger partial charge in [0.15, 0.2) is 5.65 Å². The Balaban J connectivity index is 1.50. The summed E-state index contributed by atoms with van der Waals surface area (Å²) in [6.45, 7) is 4.16. The number of amides is 1. The average molecular weight is 314 g/mol. The number of carbonyl (C=O) groups excluding carboxylic acids is 1. The monoisotopic (exact) mass is 314 g/mol. The number of carbonyl (C=O) groups is 1. The molecule has 7 nitrogen and oxygen atoms in total. The van der Waals surface area contributed by atoms with Gasteiger partial charge in [-0.2, -0.15) is 5.10 Å². The lowest BCUT2D eigenvalue weighted by Gasteiger charge is -2.23. The smallest absolute Gasteiger partial charge is 0.228 e. The highest BCUT2D eigenvalue weighted by molar-refractivity contribution is 5.99. The van der Waals surface area contributed by atoms with E-state index in [4.69, 9.17) is 0 Å². The van der Waals surface area contributed by atoms with Crippen molar-refractivity contribution in [1.29, 1.82) is 0 Å². The summed E-state index contributed by atoms with van der Waals surface area (Å²) in [4.78, 5) is 23.2. The van der Waals surface area contributed by atoms with Crippen LogP contribution in [0.2, 0.25) is 0 Å². The zero-order chi connectivity index (χ0) is 15.6. The van der Waals surface area contributed by atoms with E-state index in [1.165, 1.54) is 32.3 Å². The molecule has 0 bridgehead atoms. The normalized spacial score (nSPS) is 19.1. The maximum atomic E-state index is 12.1. The highest BCUT2D eigenvalue weighted by Gasteiger charge is 2.26. The second kappa shape index (κ2) is 6.23. The summed E-state index contributed by atoms with van der Waals surface area (Å²) in [7, 11) is 0. The fraction of sp³-hybridized carbons (Fsp3) is 0.625. The zero-order valence-corrected chi connectivity index (χ0v) is 13.2. The molecule has 1 aliphatic heterocycles. The van der Waals surface area contributed by atoms with Crippen molar-refractivity contribution < 1.29 is 4.79 Å². The molecule has 1 amide bonds. The SMILES string of the molecule is O=C(Nc1ncnc2c1cnn2CCN1CCCC1)C1CCC1. The first-order chi connectivity index (χ1) is 11.3. The first-order valence-corrected chi connectivity index (χ1v) is 8.51. The molecule has 2 aromatic heterocycles. The van der Waals surface area contributed by atoms with E-state index in [9.17, 15) is 4.79 Å². The maximum Gasteiger partial charge on any atom is 0.228 e. The van der Waals surface area contributed by atoms with E-state index >= 15 is 0 Å². The molecule has 4 rings (SSSR count). The van der Waals surface area contributed by atoms with Crippen LogP contribution >= 0.6 is 0 Å². The lowest BCUT2D eigenvalue weighted by Crippen LogP contribution is -2.28. The van der Waals surface area contributed by atoms with Crippen molar-refractivity contribution in [2.45, 2.75) is 38.6 Å². The minimum absolute atomic E-state index is 0.0704. The van der Waals surface area contributed by atoms with Crippen LogP contribution in [0.5, 0.6) is 0 Å². The standard InChI is InChI=1S/C16H22N6O/c23-16(12-4-3-5-12)20-14-13-10-19-22(15(13)18-11-17-14)9-8-21-6-1-2-7-21/h10-12H,1-9H2,(H,17,18,20,23). The van der Waals surface area contributed by atoms with Crippen LogP contribution in [0.3, 0.4) is 0 Å². The number of hydrogen-bond donors (Lipinski definition) is 1. The van der Waals surface area contributed by atoms with Crippen molar-refractivity contribution in [3.05, 3.63) is 12.5 Å². The Bertz CT molecular complexity index is 702.